The molecule has 0 aliphatic heterocycles. The Kier molecular flexibility index (Phi) is 5.88. The van der Waals surface area contributed by atoms with Crippen LogP contribution in [0.4, 0.5) is 0 Å². The van der Waals surface area contributed by atoms with Crippen molar-refractivity contribution in [3.05, 3.63) is 24.3 Å². The third-order valence-electron chi connectivity index (χ3n) is 4.00. The van der Waals surface area contributed by atoms with Gasteiger partial charge in [-0.2, -0.15) is 0 Å². The molecule has 1 aromatic carbocycles. The van der Waals surface area contributed by atoms with Crippen molar-refractivity contribution < 1.29 is 14.6 Å². The summed E-state index contributed by atoms with van der Waals surface area (Å²) in [7, 11) is 0. The molecule has 0 heterocycles. The van der Waals surface area contributed by atoms with Crippen LogP contribution in [0.2, 0.25) is 0 Å². The highest BCUT2D eigenvalue weighted by Crippen LogP contribution is 2.40. The molecule has 2 N–H and O–H groups in total. The third kappa shape index (κ3) is 4.11. The molecule has 1 saturated carbocycles. The van der Waals surface area contributed by atoms with Gasteiger partial charge in [-0.1, -0.05) is 19.1 Å². The predicted molar refractivity (Wildman–Crippen MR) is 83.9 cm³/mol. The molecule has 2 rings (SSSR count). The van der Waals surface area contributed by atoms with Crippen LogP contribution in [0.15, 0.2) is 24.3 Å². The largest absolute Gasteiger partial charge is 0.490 e. The molecule has 1 atom stereocenters. The number of aliphatic hydroxyl groups excluding tert-OH is 1. The number of hydrogen-bond donors (Lipinski definition) is 2. The van der Waals surface area contributed by atoms with E-state index < -0.39 is 0 Å². The van der Waals surface area contributed by atoms with Crippen LogP contribution < -0.4 is 14.8 Å². The fourth-order valence-electron chi connectivity index (χ4n) is 2.60. The SMILES string of the molecule is CCCNC(CO)(COc1ccccc1OCC)C1CC1. The average Bonchev–Trinajstić information content (AvgIpc) is 3.35. The van der Waals surface area contributed by atoms with Crippen LogP contribution in [0.1, 0.15) is 33.1 Å². The number of hydrogen-bond acceptors (Lipinski definition) is 4. The Hall–Kier alpha value is -1.26. The summed E-state index contributed by atoms with van der Waals surface area (Å²) in [5.74, 6) is 2.02. The lowest BCUT2D eigenvalue weighted by Gasteiger charge is -2.33. The highest BCUT2D eigenvalue weighted by molar-refractivity contribution is 5.39. The van der Waals surface area contributed by atoms with Crippen LogP contribution in [-0.4, -0.2) is 37.0 Å². The van der Waals surface area contributed by atoms with Gasteiger partial charge in [0.25, 0.3) is 0 Å². The zero-order valence-electron chi connectivity index (χ0n) is 13.1. The van der Waals surface area contributed by atoms with Gasteiger partial charge >= 0.3 is 0 Å². The summed E-state index contributed by atoms with van der Waals surface area (Å²) in [6.45, 7) is 6.18. The maximum atomic E-state index is 9.89. The first kappa shape index (κ1) is 16.1. The van der Waals surface area contributed by atoms with Crippen LogP contribution in [0, 0.1) is 5.92 Å². The summed E-state index contributed by atoms with van der Waals surface area (Å²) in [4.78, 5) is 0. The lowest BCUT2D eigenvalue weighted by atomic mass is 9.95. The molecule has 4 nitrogen and oxygen atoms in total. The summed E-state index contributed by atoms with van der Waals surface area (Å²) in [6.07, 6.45) is 3.37. The first-order valence-electron chi connectivity index (χ1n) is 7.96. The molecule has 21 heavy (non-hydrogen) atoms. The Balaban J connectivity index is 2.04. The molecule has 1 unspecified atom stereocenters. The monoisotopic (exact) mass is 293 g/mol. The number of benzene rings is 1. The van der Waals surface area contributed by atoms with Crippen molar-refractivity contribution in [2.45, 2.75) is 38.6 Å². The number of para-hydroxylation sites is 2. The zero-order valence-corrected chi connectivity index (χ0v) is 13.1. The summed E-state index contributed by atoms with van der Waals surface area (Å²) in [6, 6.07) is 7.71. The molecule has 0 spiro atoms. The second-order valence-electron chi connectivity index (χ2n) is 5.68. The van der Waals surface area contributed by atoms with Crippen molar-refractivity contribution in [1.29, 1.82) is 0 Å². The fourth-order valence-corrected chi connectivity index (χ4v) is 2.60. The molecule has 1 aromatic rings. The van der Waals surface area contributed by atoms with E-state index in [-0.39, 0.29) is 12.1 Å². The van der Waals surface area contributed by atoms with Crippen molar-refractivity contribution in [2.75, 3.05) is 26.4 Å². The molecule has 1 fully saturated rings. The molecule has 0 radical (unpaired) electrons. The zero-order chi connectivity index (χ0) is 15.1. The highest BCUT2D eigenvalue weighted by Gasteiger charge is 2.45. The molecule has 1 aliphatic rings. The molecule has 0 amide bonds. The lowest BCUT2D eigenvalue weighted by molar-refractivity contribution is 0.0834. The molecular weight excluding hydrogens is 266 g/mol. The van der Waals surface area contributed by atoms with Crippen LogP contribution >= 0.6 is 0 Å². The highest BCUT2D eigenvalue weighted by atomic mass is 16.5. The number of aliphatic hydroxyl groups is 1. The first-order valence-corrected chi connectivity index (χ1v) is 7.96. The Morgan fingerprint density at radius 2 is 1.86 bits per heavy atom. The van der Waals surface area contributed by atoms with E-state index in [1.165, 1.54) is 0 Å². The van der Waals surface area contributed by atoms with E-state index in [4.69, 9.17) is 9.47 Å². The smallest absolute Gasteiger partial charge is 0.161 e. The van der Waals surface area contributed by atoms with Gasteiger partial charge in [0, 0.05) is 0 Å². The maximum absolute atomic E-state index is 9.89. The number of nitrogens with one attached hydrogen (secondary N) is 1. The lowest BCUT2D eigenvalue weighted by Crippen LogP contribution is -2.55. The van der Waals surface area contributed by atoms with Crippen LogP contribution in [0.25, 0.3) is 0 Å². The average molecular weight is 293 g/mol. The number of rotatable bonds is 10. The first-order chi connectivity index (χ1) is 10.3. The van der Waals surface area contributed by atoms with Crippen LogP contribution in [-0.2, 0) is 0 Å². The second kappa shape index (κ2) is 7.66. The van der Waals surface area contributed by atoms with E-state index in [0.29, 0.717) is 19.1 Å². The summed E-state index contributed by atoms with van der Waals surface area (Å²) >= 11 is 0. The van der Waals surface area contributed by atoms with Gasteiger partial charge in [0.15, 0.2) is 11.5 Å². The minimum absolute atomic E-state index is 0.106. The Labute approximate surface area is 127 Å². The van der Waals surface area contributed by atoms with E-state index in [1.54, 1.807) is 0 Å². The van der Waals surface area contributed by atoms with Gasteiger partial charge in [0.05, 0.1) is 18.8 Å². The quantitative estimate of drug-likeness (QED) is 0.696. The molecular formula is C17H27NO3. The molecule has 0 bridgehead atoms. The standard InChI is InChI=1S/C17H27NO3/c1-3-11-18-17(12-19,14-9-10-14)13-21-16-8-6-5-7-15(16)20-4-2/h5-8,14,18-19H,3-4,9-13H2,1-2H3. The van der Waals surface area contributed by atoms with Gasteiger partial charge in [0.2, 0.25) is 0 Å². The summed E-state index contributed by atoms with van der Waals surface area (Å²) < 4.78 is 11.6. The van der Waals surface area contributed by atoms with Gasteiger partial charge in [-0.05, 0) is 50.8 Å². The van der Waals surface area contributed by atoms with E-state index in [9.17, 15) is 5.11 Å². The number of ether oxygens (including phenoxy) is 2. The summed E-state index contributed by atoms with van der Waals surface area (Å²) in [5.41, 5.74) is -0.324. The van der Waals surface area contributed by atoms with Gasteiger partial charge in [-0.3, -0.25) is 0 Å². The van der Waals surface area contributed by atoms with Crippen molar-refractivity contribution >= 4 is 0 Å². The molecule has 0 saturated heterocycles. The van der Waals surface area contributed by atoms with Crippen molar-refractivity contribution in [1.82, 2.24) is 5.32 Å². The molecule has 1 aliphatic carbocycles. The predicted octanol–water partition coefficient (Wildman–Crippen LogP) is 2.60. The molecule has 118 valence electrons. The normalized spacial score (nSPS) is 17.3. The van der Waals surface area contributed by atoms with E-state index in [2.05, 4.69) is 12.2 Å². The Morgan fingerprint density at radius 1 is 1.19 bits per heavy atom. The van der Waals surface area contributed by atoms with E-state index in [1.807, 2.05) is 31.2 Å². The van der Waals surface area contributed by atoms with Crippen molar-refractivity contribution in [2.24, 2.45) is 5.92 Å². The fraction of sp³-hybridized carbons (Fsp3) is 0.647. The second-order valence-corrected chi connectivity index (χ2v) is 5.68. The minimum Gasteiger partial charge on any atom is -0.490 e. The van der Waals surface area contributed by atoms with E-state index >= 15 is 0 Å². The Morgan fingerprint density at radius 3 is 2.38 bits per heavy atom. The maximum Gasteiger partial charge on any atom is 0.161 e. The Bertz CT molecular complexity index is 434. The topological polar surface area (TPSA) is 50.7 Å². The van der Waals surface area contributed by atoms with Crippen molar-refractivity contribution in [3.8, 4) is 11.5 Å². The minimum atomic E-state index is -0.324. The van der Waals surface area contributed by atoms with Gasteiger partial charge in [0.1, 0.15) is 6.61 Å². The molecule has 0 aromatic heterocycles. The molecule has 4 heteroatoms. The van der Waals surface area contributed by atoms with Crippen LogP contribution in [0.5, 0.6) is 11.5 Å². The van der Waals surface area contributed by atoms with Gasteiger partial charge in [-0.15, -0.1) is 0 Å². The van der Waals surface area contributed by atoms with Crippen LogP contribution in [0.3, 0.4) is 0 Å². The third-order valence-corrected chi connectivity index (χ3v) is 4.00. The van der Waals surface area contributed by atoms with E-state index in [0.717, 1.165) is 37.3 Å². The summed E-state index contributed by atoms with van der Waals surface area (Å²) in [5, 5.41) is 13.4. The van der Waals surface area contributed by atoms with Crippen molar-refractivity contribution in [3.63, 3.8) is 0 Å². The van der Waals surface area contributed by atoms with Gasteiger partial charge < -0.3 is 19.9 Å². The van der Waals surface area contributed by atoms with Gasteiger partial charge in [-0.25, -0.2) is 0 Å².